The van der Waals surface area contributed by atoms with Crippen LogP contribution in [0.2, 0.25) is 0 Å². The molecule has 0 saturated carbocycles. The molecule has 0 aromatic rings. The van der Waals surface area contributed by atoms with Crippen molar-refractivity contribution in [3.8, 4) is 5.81 Å². The molecule has 0 fully saturated rings. The second-order valence-electron chi connectivity index (χ2n) is 2.01. The molecule has 0 saturated heterocycles. The minimum Gasteiger partial charge on any atom is -0.310 e. The van der Waals surface area contributed by atoms with E-state index in [1.807, 2.05) is 10.6 Å². The lowest BCUT2D eigenvalue weighted by molar-refractivity contribution is -0.120. The molecular weight excluding hydrogens is 197 g/mol. The fraction of sp³-hybridized carbons (Fsp3) is 0.400. The van der Waals surface area contributed by atoms with Gasteiger partial charge in [0.15, 0.2) is 0 Å². The van der Waals surface area contributed by atoms with E-state index in [1.54, 1.807) is 0 Å². The number of hydrogen-bond donors (Lipinski definition) is 2. The maximum atomic E-state index is 10.6. The van der Waals surface area contributed by atoms with E-state index in [-0.39, 0.29) is 12.8 Å². The standard InChI is InChI=1S/C5H6N3O4P/c1-5(7-3-9,8-4-10)12-13(11)2-6/h3-4H,1H3,(H-,7,8,9,10)/p+1. The van der Waals surface area contributed by atoms with Crippen LogP contribution >= 0.6 is 8.03 Å². The van der Waals surface area contributed by atoms with Crippen LogP contribution in [0.4, 0.5) is 0 Å². The first-order valence-electron chi connectivity index (χ1n) is 3.07. The highest BCUT2D eigenvalue weighted by Crippen LogP contribution is 2.24. The van der Waals surface area contributed by atoms with E-state index in [4.69, 9.17) is 5.26 Å². The quantitative estimate of drug-likeness (QED) is 0.341. The molecule has 13 heavy (non-hydrogen) atoms. The van der Waals surface area contributed by atoms with Gasteiger partial charge in [-0.25, -0.2) is 0 Å². The number of carbonyl (C=O) groups excluding carboxylic acids is 2. The van der Waals surface area contributed by atoms with Crippen molar-refractivity contribution in [1.29, 1.82) is 5.26 Å². The number of amides is 2. The molecule has 0 aliphatic rings. The molecule has 0 aliphatic heterocycles. The fourth-order valence-corrected chi connectivity index (χ4v) is 0.983. The predicted octanol–water partition coefficient (Wildman–Crippen LogP) is -0.608. The zero-order valence-corrected chi connectivity index (χ0v) is 7.58. The highest BCUT2D eigenvalue weighted by molar-refractivity contribution is 7.44. The lowest BCUT2D eigenvalue weighted by Gasteiger charge is -2.19. The van der Waals surface area contributed by atoms with Crippen molar-refractivity contribution in [2.45, 2.75) is 12.8 Å². The summed E-state index contributed by atoms with van der Waals surface area (Å²) < 4.78 is 15.2. The van der Waals surface area contributed by atoms with Crippen LogP contribution in [0.15, 0.2) is 0 Å². The van der Waals surface area contributed by atoms with Crippen LogP contribution in [0, 0.1) is 11.1 Å². The van der Waals surface area contributed by atoms with Gasteiger partial charge in [0.05, 0.1) is 0 Å². The second kappa shape index (κ2) is 5.19. The Morgan fingerprint density at radius 3 is 2.23 bits per heavy atom. The van der Waals surface area contributed by atoms with Crippen molar-refractivity contribution in [2.75, 3.05) is 0 Å². The van der Waals surface area contributed by atoms with Crippen molar-refractivity contribution >= 4 is 20.8 Å². The third-order valence-corrected chi connectivity index (χ3v) is 1.71. The van der Waals surface area contributed by atoms with Gasteiger partial charge < -0.3 is 10.6 Å². The average Bonchev–Trinajstić information content (AvgIpc) is 2.04. The lowest BCUT2D eigenvalue weighted by atomic mass is 10.5. The van der Waals surface area contributed by atoms with Gasteiger partial charge in [0, 0.05) is 6.92 Å². The number of nitriles is 1. The van der Waals surface area contributed by atoms with Gasteiger partial charge >= 0.3 is 13.8 Å². The van der Waals surface area contributed by atoms with Crippen LogP contribution in [0.5, 0.6) is 0 Å². The Balaban J connectivity index is 4.40. The number of nitrogens with one attached hydrogen (secondary N) is 2. The smallest absolute Gasteiger partial charge is 0.310 e. The Kier molecular flexibility index (Phi) is 4.59. The Morgan fingerprint density at radius 2 is 1.92 bits per heavy atom. The number of nitrogens with zero attached hydrogens (tertiary/aromatic N) is 1. The summed E-state index contributed by atoms with van der Waals surface area (Å²) in [6.07, 6.45) is 0.494. The van der Waals surface area contributed by atoms with Gasteiger partial charge in [-0.05, 0) is 4.57 Å². The molecule has 1 unspecified atom stereocenters. The molecule has 0 heterocycles. The summed E-state index contributed by atoms with van der Waals surface area (Å²) in [7, 11) is -2.58. The van der Waals surface area contributed by atoms with Gasteiger partial charge in [-0.3, -0.25) is 9.59 Å². The first-order chi connectivity index (χ1) is 6.08. The normalized spacial score (nSPS) is 10.9. The maximum Gasteiger partial charge on any atom is 0.636 e. The number of hydrogen-bond acceptors (Lipinski definition) is 5. The number of rotatable bonds is 6. The molecule has 0 bridgehead atoms. The van der Waals surface area contributed by atoms with E-state index in [2.05, 4.69) is 4.52 Å². The van der Waals surface area contributed by atoms with Gasteiger partial charge in [-0.15, -0.1) is 5.26 Å². The lowest BCUT2D eigenvalue weighted by Crippen LogP contribution is -2.54. The average molecular weight is 204 g/mol. The Hall–Kier alpha value is -1.51. The molecule has 0 radical (unpaired) electrons. The van der Waals surface area contributed by atoms with Crippen LogP contribution in [-0.2, 0) is 18.7 Å². The molecule has 70 valence electrons. The second-order valence-corrected chi connectivity index (χ2v) is 2.90. The summed E-state index contributed by atoms with van der Waals surface area (Å²) in [6.45, 7) is 1.24. The van der Waals surface area contributed by atoms with Crippen molar-refractivity contribution < 1.29 is 18.7 Å². The van der Waals surface area contributed by atoms with Crippen molar-refractivity contribution in [2.24, 2.45) is 0 Å². The van der Waals surface area contributed by atoms with Gasteiger partial charge in [0.2, 0.25) is 12.8 Å². The first-order valence-corrected chi connectivity index (χ1v) is 4.24. The topological polar surface area (TPSA) is 108 Å². The largest absolute Gasteiger partial charge is 0.636 e. The third-order valence-electron chi connectivity index (χ3n) is 1.02. The summed E-state index contributed by atoms with van der Waals surface area (Å²) >= 11 is 0. The van der Waals surface area contributed by atoms with Gasteiger partial charge in [-0.1, -0.05) is 4.52 Å². The van der Waals surface area contributed by atoms with Crippen LogP contribution in [0.1, 0.15) is 6.92 Å². The summed E-state index contributed by atoms with van der Waals surface area (Å²) in [6, 6.07) is 0. The van der Waals surface area contributed by atoms with Crippen molar-refractivity contribution in [3.05, 3.63) is 0 Å². The molecule has 8 heteroatoms. The van der Waals surface area contributed by atoms with Crippen LogP contribution in [0.3, 0.4) is 0 Å². The molecular formula is C5H7N3O4P+. The molecule has 0 aromatic heterocycles. The molecule has 1 atom stereocenters. The molecule has 2 amide bonds. The van der Waals surface area contributed by atoms with Gasteiger partial charge in [-0.2, -0.15) is 0 Å². The van der Waals surface area contributed by atoms with E-state index in [0.717, 1.165) is 0 Å². The molecule has 2 N–H and O–H groups in total. The number of carbonyl (C=O) groups is 2. The molecule has 0 aliphatic carbocycles. The SMILES string of the molecule is CC(NC=O)(NC=O)O[P+](=O)C#N. The van der Waals surface area contributed by atoms with E-state index < -0.39 is 13.9 Å². The summed E-state index contributed by atoms with van der Waals surface area (Å²) in [4.78, 5) is 20.1. The summed E-state index contributed by atoms with van der Waals surface area (Å²) in [5.41, 5.74) is 0. The Morgan fingerprint density at radius 1 is 1.46 bits per heavy atom. The zero-order valence-electron chi connectivity index (χ0n) is 6.68. The monoisotopic (exact) mass is 204 g/mol. The van der Waals surface area contributed by atoms with Crippen LogP contribution < -0.4 is 10.6 Å². The Bertz CT molecular complexity index is 251. The highest BCUT2D eigenvalue weighted by Gasteiger charge is 2.36. The molecule has 0 spiro atoms. The third kappa shape index (κ3) is 4.15. The molecule has 0 aromatic carbocycles. The van der Waals surface area contributed by atoms with Crippen LogP contribution in [0.25, 0.3) is 0 Å². The summed E-state index contributed by atoms with van der Waals surface area (Å²) in [5.74, 6) is -0.306. The summed E-state index contributed by atoms with van der Waals surface area (Å²) in [5, 5.41) is 12.2. The van der Waals surface area contributed by atoms with Crippen molar-refractivity contribution in [1.82, 2.24) is 10.6 Å². The zero-order chi connectivity index (χ0) is 10.3. The predicted molar refractivity (Wildman–Crippen MR) is 41.1 cm³/mol. The molecule has 0 rings (SSSR count). The van der Waals surface area contributed by atoms with Crippen molar-refractivity contribution in [3.63, 3.8) is 0 Å². The van der Waals surface area contributed by atoms with Gasteiger partial charge in [0.1, 0.15) is 0 Å². The van der Waals surface area contributed by atoms with E-state index in [1.165, 1.54) is 12.7 Å². The maximum absolute atomic E-state index is 10.6. The van der Waals surface area contributed by atoms with Crippen LogP contribution in [-0.4, -0.2) is 18.7 Å². The fourth-order valence-electron chi connectivity index (χ4n) is 0.505. The van der Waals surface area contributed by atoms with Gasteiger partial charge in [0.25, 0.3) is 5.85 Å². The minimum absolute atomic E-state index is 0.247. The van der Waals surface area contributed by atoms with E-state index >= 15 is 0 Å². The first kappa shape index (κ1) is 11.5. The van der Waals surface area contributed by atoms with E-state index in [9.17, 15) is 14.2 Å². The minimum atomic E-state index is -2.58. The Labute approximate surface area is 74.9 Å². The van der Waals surface area contributed by atoms with E-state index in [0.29, 0.717) is 0 Å². The molecule has 7 nitrogen and oxygen atoms in total. The highest BCUT2D eigenvalue weighted by atomic mass is 31.1.